The van der Waals surface area contributed by atoms with Crippen molar-refractivity contribution in [3.05, 3.63) is 47.2 Å². The van der Waals surface area contributed by atoms with E-state index in [1.807, 2.05) is 25.7 Å². The number of carbonyl (C=O) groups is 1. The number of amides is 1. The van der Waals surface area contributed by atoms with Crippen LogP contribution in [0.25, 0.3) is 32.9 Å². The first-order valence-electron chi connectivity index (χ1n) is 24.4. The number of fused-ring (bicyclic) bond motifs is 5. The molecule has 360 valence electrons. The summed E-state index contributed by atoms with van der Waals surface area (Å²) in [5.74, 6) is 3.05. The average Bonchev–Trinajstić information content (AvgIpc) is 3.89. The van der Waals surface area contributed by atoms with E-state index in [0.29, 0.717) is 81.7 Å². The number of pyridine rings is 1. The number of methoxy groups -OCH3 is 1. The van der Waals surface area contributed by atoms with Gasteiger partial charge in [0.25, 0.3) is 0 Å². The zero-order chi connectivity index (χ0) is 47.7. The van der Waals surface area contributed by atoms with Crippen LogP contribution in [0, 0.1) is 23.1 Å². The van der Waals surface area contributed by atoms with Gasteiger partial charge in [-0.1, -0.05) is 53.5 Å². The van der Waals surface area contributed by atoms with Crippen molar-refractivity contribution in [1.29, 1.82) is 0 Å². The lowest BCUT2D eigenvalue weighted by Gasteiger charge is -2.42. The Bertz CT molecular complexity index is 2590. The molecule has 0 N–H and O–H groups in total. The molecule has 1 amide bonds. The van der Waals surface area contributed by atoms with Crippen molar-refractivity contribution >= 4 is 41.7 Å². The third kappa shape index (κ3) is 8.73. The van der Waals surface area contributed by atoms with Gasteiger partial charge in [0.2, 0.25) is 0 Å². The van der Waals surface area contributed by atoms with E-state index >= 15 is 8.78 Å². The molecule has 11 nitrogen and oxygen atoms in total. The van der Waals surface area contributed by atoms with Gasteiger partial charge < -0.3 is 23.8 Å². The minimum absolute atomic E-state index is 0.00181. The quantitative estimate of drug-likeness (QED) is 0.0775. The molecule has 67 heavy (non-hydrogen) atoms. The Labute approximate surface area is 394 Å². The first-order chi connectivity index (χ1) is 31.8. The third-order valence-electron chi connectivity index (χ3n) is 15.3. The normalized spacial score (nSPS) is 23.2. The number of hydrogen-bond donors (Lipinski definition) is 0. The van der Waals surface area contributed by atoms with Gasteiger partial charge in [0, 0.05) is 50.0 Å². The molecule has 2 aromatic carbocycles. The molecule has 4 saturated heterocycles. The van der Waals surface area contributed by atoms with E-state index in [2.05, 4.69) is 62.8 Å². The Balaban J connectivity index is 1.25. The molecule has 15 heteroatoms. The highest BCUT2D eigenvalue weighted by Crippen LogP contribution is 2.49. The van der Waals surface area contributed by atoms with E-state index < -0.39 is 37.0 Å². The Morgan fingerprint density at radius 2 is 1.63 bits per heavy atom. The minimum atomic E-state index is -2.34. The third-order valence-corrected chi connectivity index (χ3v) is 21.6. The molecule has 4 aliphatic heterocycles. The Morgan fingerprint density at radius 3 is 2.27 bits per heavy atom. The molecular formula is C52H67F3N6O5Si. The summed E-state index contributed by atoms with van der Waals surface area (Å²) in [4.78, 5) is 35.0. The van der Waals surface area contributed by atoms with Gasteiger partial charge in [0.1, 0.15) is 55.0 Å². The molecule has 4 aromatic rings. The van der Waals surface area contributed by atoms with Crippen LogP contribution in [-0.4, -0.2) is 115 Å². The Morgan fingerprint density at radius 1 is 0.925 bits per heavy atom. The predicted octanol–water partition coefficient (Wildman–Crippen LogP) is 11.1. The number of carbonyl (C=O) groups excluding carboxylic acids is 1. The molecule has 5 fully saturated rings. The highest BCUT2D eigenvalue weighted by molar-refractivity contribution is 6.90. The smallest absolute Gasteiger partial charge is 0.410 e. The zero-order valence-corrected chi connectivity index (χ0v) is 41.9. The summed E-state index contributed by atoms with van der Waals surface area (Å²) in [6.07, 6.45) is 4.00. The lowest BCUT2D eigenvalue weighted by molar-refractivity contribution is 0.0122. The largest absolute Gasteiger partial charge is 0.468 e. The second kappa shape index (κ2) is 18.0. The topological polar surface area (TPSA) is 102 Å². The minimum Gasteiger partial charge on any atom is -0.468 e. The van der Waals surface area contributed by atoms with Gasteiger partial charge in [0.05, 0.1) is 34.3 Å². The number of benzene rings is 2. The van der Waals surface area contributed by atoms with Crippen LogP contribution in [0.3, 0.4) is 0 Å². The summed E-state index contributed by atoms with van der Waals surface area (Å²) in [6.45, 7) is 21.0. The van der Waals surface area contributed by atoms with Gasteiger partial charge in [-0.15, -0.1) is 5.54 Å². The Kier molecular flexibility index (Phi) is 12.8. The van der Waals surface area contributed by atoms with Crippen LogP contribution in [0.15, 0.2) is 24.3 Å². The number of alkyl halides is 1. The molecule has 0 unspecified atom stereocenters. The van der Waals surface area contributed by atoms with Crippen LogP contribution in [0.1, 0.15) is 124 Å². The maximum absolute atomic E-state index is 18.3. The van der Waals surface area contributed by atoms with E-state index in [-0.39, 0.29) is 60.3 Å². The van der Waals surface area contributed by atoms with Gasteiger partial charge in [-0.3, -0.25) is 9.80 Å². The average molecular weight is 941 g/mol. The van der Waals surface area contributed by atoms with E-state index in [9.17, 15) is 9.18 Å². The van der Waals surface area contributed by atoms with Crippen LogP contribution in [0.5, 0.6) is 11.8 Å². The summed E-state index contributed by atoms with van der Waals surface area (Å²) >= 11 is 0. The van der Waals surface area contributed by atoms with Crippen LogP contribution in [0.4, 0.5) is 23.8 Å². The van der Waals surface area contributed by atoms with Crippen LogP contribution < -0.4 is 14.4 Å². The van der Waals surface area contributed by atoms with Crippen LogP contribution in [0.2, 0.25) is 16.6 Å². The van der Waals surface area contributed by atoms with Gasteiger partial charge in [-0.2, -0.15) is 9.97 Å². The molecule has 9 rings (SSSR count). The highest BCUT2D eigenvalue weighted by atomic mass is 28.3. The lowest BCUT2D eigenvalue weighted by Crippen LogP contribution is -2.57. The van der Waals surface area contributed by atoms with Crippen molar-refractivity contribution in [2.24, 2.45) is 0 Å². The first kappa shape index (κ1) is 47.4. The number of halogens is 3. The maximum Gasteiger partial charge on any atom is 0.410 e. The number of aromatic nitrogens is 3. The monoisotopic (exact) mass is 940 g/mol. The summed E-state index contributed by atoms with van der Waals surface area (Å²) in [7, 11) is -0.816. The molecule has 2 bridgehead atoms. The first-order valence-corrected chi connectivity index (χ1v) is 26.7. The number of rotatable bonds is 12. The molecule has 1 saturated carbocycles. The van der Waals surface area contributed by atoms with Gasteiger partial charge >= 0.3 is 12.1 Å². The lowest BCUT2D eigenvalue weighted by atomic mass is 9.95. The van der Waals surface area contributed by atoms with Crippen molar-refractivity contribution < 1.29 is 36.9 Å². The standard InChI is InChI=1S/C52H67F3N6O5Si/c1-30(2)67(31(3)4,32(5)6)21-18-39-41(54)17-14-34-22-38(65-29-63-10)23-40(42(34)39)46-44(55)47-43(45(56-46)33-12-13-33)48(58-49(57-47)64-28-52-19-11-20-60(52)25-35(53)24-52)59-26-36-15-16-37(27-59)61(36)50(62)66-51(7,8)9/h14,17,22-23,30-33,35-37H,11-13,15-16,19-20,24-29H2,1-10H3/t35-,36-,37+,52+/m1/s1. The number of hydrogen-bond acceptors (Lipinski definition) is 10. The molecule has 6 heterocycles. The fraction of sp³-hybridized carbons (Fsp3) is 0.615. The van der Waals surface area contributed by atoms with Crippen molar-refractivity contribution in [3.8, 4) is 34.5 Å². The summed E-state index contributed by atoms with van der Waals surface area (Å²) in [5, 5.41) is 1.55. The highest BCUT2D eigenvalue weighted by Gasteiger charge is 2.50. The van der Waals surface area contributed by atoms with E-state index in [0.717, 1.165) is 45.1 Å². The molecule has 2 aromatic heterocycles. The molecule has 5 aliphatic rings. The Hall–Kier alpha value is -4.65. The predicted molar refractivity (Wildman–Crippen MR) is 258 cm³/mol. The summed E-state index contributed by atoms with van der Waals surface area (Å²) in [5.41, 5.74) is 4.67. The number of piperazine rings is 1. The van der Waals surface area contributed by atoms with Crippen molar-refractivity contribution in [2.75, 3.05) is 51.6 Å². The SMILES string of the molecule is COCOc1cc(-c2nc(C3CC3)c3c(N4C[C@H]5CC[C@@H](C4)N5C(=O)OC(C)(C)C)nc(OC[C@@]45CCCN4C[C@H](F)C5)nc3c2F)c2c(C#C[Si](C(C)C)(C(C)C)C(C)C)c(F)ccc2c1. The van der Waals surface area contributed by atoms with E-state index in [1.54, 1.807) is 18.2 Å². The van der Waals surface area contributed by atoms with Crippen molar-refractivity contribution in [1.82, 2.24) is 24.8 Å². The van der Waals surface area contributed by atoms with Gasteiger partial charge in [-0.05, 0) is 106 Å². The van der Waals surface area contributed by atoms with E-state index in [4.69, 9.17) is 33.9 Å². The second-order valence-electron chi connectivity index (χ2n) is 21.7. The van der Waals surface area contributed by atoms with Gasteiger partial charge in [0.15, 0.2) is 12.6 Å². The maximum atomic E-state index is 18.3. The summed E-state index contributed by atoms with van der Waals surface area (Å²) < 4.78 is 73.6. The van der Waals surface area contributed by atoms with Crippen molar-refractivity contribution in [2.45, 2.75) is 159 Å². The number of anilines is 1. The molecule has 0 spiro atoms. The van der Waals surface area contributed by atoms with Gasteiger partial charge in [-0.25, -0.2) is 22.9 Å². The summed E-state index contributed by atoms with van der Waals surface area (Å²) in [6, 6.07) is 6.26. The molecular weight excluding hydrogens is 874 g/mol. The van der Waals surface area contributed by atoms with Crippen LogP contribution >= 0.6 is 0 Å². The number of nitrogens with zero attached hydrogens (tertiary/aromatic N) is 6. The fourth-order valence-electron chi connectivity index (χ4n) is 12.2. The number of ether oxygens (including phenoxy) is 4. The zero-order valence-electron chi connectivity index (χ0n) is 40.9. The van der Waals surface area contributed by atoms with Crippen molar-refractivity contribution in [3.63, 3.8) is 0 Å². The van der Waals surface area contributed by atoms with E-state index in [1.165, 1.54) is 13.2 Å². The molecule has 4 atom stereocenters. The second-order valence-corrected chi connectivity index (χ2v) is 27.3. The molecule has 0 radical (unpaired) electrons. The molecule has 1 aliphatic carbocycles. The van der Waals surface area contributed by atoms with Crippen LogP contribution in [-0.2, 0) is 9.47 Å². The fourth-order valence-corrected chi connectivity index (χ4v) is 17.4.